The van der Waals surface area contributed by atoms with E-state index in [1.165, 1.54) is 0 Å². The number of hydrogen-bond donors (Lipinski definition) is 1. The van der Waals surface area contributed by atoms with Crippen molar-refractivity contribution in [3.8, 4) is 28.8 Å². The Balaban J connectivity index is 2.01. The lowest BCUT2D eigenvalue weighted by Gasteiger charge is -2.06. The molecule has 0 spiro atoms. The molecule has 2 aromatic carbocycles. The van der Waals surface area contributed by atoms with E-state index >= 15 is 0 Å². The summed E-state index contributed by atoms with van der Waals surface area (Å²) < 4.78 is 3.35. The van der Waals surface area contributed by atoms with E-state index < -0.39 is 0 Å². The number of rotatable bonds is 2. The molecule has 1 N–H and O–H groups in total. The first kappa shape index (κ1) is 14.0. The van der Waals surface area contributed by atoms with Crippen molar-refractivity contribution in [3.63, 3.8) is 0 Å². The Morgan fingerprint density at radius 2 is 2.04 bits per heavy atom. The smallest absolute Gasteiger partial charge is 0.131 e. The van der Waals surface area contributed by atoms with Crippen molar-refractivity contribution in [3.05, 3.63) is 54.2 Å². The van der Waals surface area contributed by atoms with Crippen molar-refractivity contribution < 1.29 is 5.11 Å². The Labute approximate surface area is 137 Å². The molecule has 0 amide bonds. The zero-order chi connectivity index (χ0) is 16.7. The molecule has 7 nitrogen and oxygen atoms in total. The summed E-state index contributed by atoms with van der Waals surface area (Å²) in [6.07, 6.45) is 1.70. The number of hydrogen-bond acceptors (Lipinski definition) is 5. The highest BCUT2D eigenvalue weighted by atomic mass is 16.3. The van der Waals surface area contributed by atoms with Gasteiger partial charge in [-0.2, -0.15) is 10.4 Å². The van der Waals surface area contributed by atoms with E-state index in [-0.39, 0.29) is 5.75 Å². The quantitative estimate of drug-likeness (QED) is 0.613. The van der Waals surface area contributed by atoms with Crippen LogP contribution in [0.3, 0.4) is 0 Å². The minimum Gasteiger partial charge on any atom is -0.508 e. The highest BCUT2D eigenvalue weighted by Gasteiger charge is 2.15. The first-order chi connectivity index (χ1) is 11.7. The summed E-state index contributed by atoms with van der Waals surface area (Å²) in [6.45, 7) is 0. The molecule has 0 fully saturated rings. The average Bonchev–Trinajstić information content (AvgIpc) is 3.20. The monoisotopic (exact) mass is 316 g/mol. The van der Waals surface area contributed by atoms with Crippen LogP contribution >= 0.6 is 0 Å². The Morgan fingerprint density at radius 3 is 2.75 bits per heavy atom. The van der Waals surface area contributed by atoms with Gasteiger partial charge in [-0.25, -0.2) is 4.68 Å². The number of phenols is 1. The van der Waals surface area contributed by atoms with Gasteiger partial charge in [0, 0.05) is 24.9 Å². The van der Waals surface area contributed by atoms with Gasteiger partial charge in [0.1, 0.15) is 17.3 Å². The summed E-state index contributed by atoms with van der Waals surface area (Å²) in [6, 6.07) is 14.5. The summed E-state index contributed by atoms with van der Waals surface area (Å²) in [7, 11) is 1.84. The van der Waals surface area contributed by atoms with Crippen LogP contribution in [-0.2, 0) is 7.05 Å². The van der Waals surface area contributed by atoms with Gasteiger partial charge in [0.15, 0.2) is 0 Å². The van der Waals surface area contributed by atoms with E-state index in [1.807, 2.05) is 25.2 Å². The number of aromatic nitrogens is 5. The molecule has 0 bridgehead atoms. The van der Waals surface area contributed by atoms with Gasteiger partial charge in [-0.3, -0.25) is 4.68 Å². The van der Waals surface area contributed by atoms with E-state index in [4.69, 9.17) is 0 Å². The van der Waals surface area contributed by atoms with Gasteiger partial charge in [0.05, 0.1) is 22.5 Å². The molecule has 0 unspecified atom stereocenters. The molecule has 116 valence electrons. The van der Waals surface area contributed by atoms with Crippen LogP contribution in [0.15, 0.2) is 48.7 Å². The molecule has 4 aromatic rings. The highest BCUT2D eigenvalue weighted by molar-refractivity contribution is 5.87. The summed E-state index contributed by atoms with van der Waals surface area (Å²) >= 11 is 0. The second kappa shape index (κ2) is 5.21. The van der Waals surface area contributed by atoms with Crippen molar-refractivity contribution >= 4 is 11.0 Å². The minimum atomic E-state index is 0.138. The van der Waals surface area contributed by atoms with E-state index in [0.717, 1.165) is 11.3 Å². The molecule has 2 aromatic heterocycles. The molecular formula is C17H12N6O. The van der Waals surface area contributed by atoms with Gasteiger partial charge in [0.25, 0.3) is 0 Å². The molecular weight excluding hydrogens is 304 g/mol. The van der Waals surface area contributed by atoms with E-state index in [9.17, 15) is 10.4 Å². The van der Waals surface area contributed by atoms with Crippen LogP contribution in [0.25, 0.3) is 28.0 Å². The Kier molecular flexibility index (Phi) is 3.03. The van der Waals surface area contributed by atoms with E-state index in [0.29, 0.717) is 22.3 Å². The summed E-state index contributed by atoms with van der Waals surface area (Å²) in [5.74, 6) is 0.138. The molecule has 4 rings (SSSR count). The van der Waals surface area contributed by atoms with Crippen LogP contribution in [0, 0.1) is 11.3 Å². The van der Waals surface area contributed by atoms with Crippen LogP contribution in [0.4, 0.5) is 0 Å². The fraction of sp³-hybridized carbons (Fsp3) is 0.0588. The lowest BCUT2D eigenvalue weighted by atomic mass is 10.1. The Hall–Kier alpha value is -3.66. The molecule has 0 aliphatic carbocycles. The lowest BCUT2D eigenvalue weighted by Crippen LogP contribution is -1.97. The fourth-order valence-corrected chi connectivity index (χ4v) is 2.73. The zero-order valence-corrected chi connectivity index (χ0v) is 12.7. The molecule has 0 atom stereocenters. The number of aryl methyl sites for hydroxylation is 1. The Bertz CT molecular complexity index is 1100. The van der Waals surface area contributed by atoms with Gasteiger partial charge in [0.2, 0.25) is 0 Å². The summed E-state index contributed by atoms with van der Waals surface area (Å²) in [5, 5.41) is 31.6. The number of nitriles is 1. The van der Waals surface area contributed by atoms with Gasteiger partial charge in [-0.05, 0) is 30.3 Å². The number of fused-ring (bicyclic) bond motifs is 1. The van der Waals surface area contributed by atoms with Gasteiger partial charge in [-0.15, -0.1) is 5.10 Å². The highest BCUT2D eigenvalue weighted by Crippen LogP contribution is 2.28. The van der Waals surface area contributed by atoms with Gasteiger partial charge < -0.3 is 5.11 Å². The van der Waals surface area contributed by atoms with E-state index in [1.54, 1.807) is 39.8 Å². The number of benzene rings is 2. The maximum absolute atomic E-state index is 9.70. The van der Waals surface area contributed by atoms with Gasteiger partial charge in [-0.1, -0.05) is 11.3 Å². The maximum atomic E-state index is 9.70. The molecule has 2 heterocycles. The number of nitrogens with zero attached hydrogens (tertiary/aromatic N) is 6. The fourth-order valence-electron chi connectivity index (χ4n) is 2.73. The van der Waals surface area contributed by atoms with Crippen molar-refractivity contribution in [2.75, 3.05) is 0 Å². The van der Waals surface area contributed by atoms with Crippen LogP contribution in [0.5, 0.6) is 5.75 Å². The SMILES string of the molecule is Cn1nccc1-c1cc(C#N)c2nnn(-c3cccc(O)c3)c2c1. The first-order valence-electron chi connectivity index (χ1n) is 7.25. The molecule has 0 saturated carbocycles. The average molecular weight is 316 g/mol. The third-order valence-electron chi connectivity index (χ3n) is 3.86. The minimum absolute atomic E-state index is 0.138. The predicted molar refractivity (Wildman–Crippen MR) is 87.4 cm³/mol. The molecule has 7 heteroatoms. The number of aromatic hydroxyl groups is 1. The normalized spacial score (nSPS) is 10.8. The number of phenolic OH excluding ortho intramolecular Hbond substituents is 1. The second-order valence-corrected chi connectivity index (χ2v) is 5.36. The zero-order valence-electron chi connectivity index (χ0n) is 12.7. The van der Waals surface area contributed by atoms with Gasteiger partial charge >= 0.3 is 0 Å². The second-order valence-electron chi connectivity index (χ2n) is 5.36. The third kappa shape index (κ3) is 2.09. The molecule has 24 heavy (non-hydrogen) atoms. The maximum Gasteiger partial charge on any atom is 0.131 e. The Morgan fingerprint density at radius 1 is 1.17 bits per heavy atom. The van der Waals surface area contributed by atoms with Crippen molar-refractivity contribution in [1.29, 1.82) is 5.26 Å². The molecule has 0 aliphatic rings. The molecule has 0 radical (unpaired) electrons. The lowest BCUT2D eigenvalue weighted by molar-refractivity contribution is 0.475. The van der Waals surface area contributed by atoms with Crippen LogP contribution in [0.2, 0.25) is 0 Å². The largest absolute Gasteiger partial charge is 0.508 e. The first-order valence-corrected chi connectivity index (χ1v) is 7.25. The van der Waals surface area contributed by atoms with Crippen LogP contribution in [0.1, 0.15) is 5.56 Å². The molecule has 0 aliphatic heterocycles. The van der Waals surface area contributed by atoms with E-state index in [2.05, 4.69) is 21.5 Å². The summed E-state index contributed by atoms with van der Waals surface area (Å²) in [5.41, 5.74) is 4.06. The standard InChI is InChI=1S/C17H12N6O/c1-22-15(5-6-19-22)11-7-12(10-18)17-16(8-11)23(21-20-17)13-3-2-4-14(24)9-13/h2-9,24H,1H3. The van der Waals surface area contributed by atoms with Crippen LogP contribution < -0.4 is 0 Å². The topological polar surface area (TPSA) is 92.5 Å². The van der Waals surface area contributed by atoms with Crippen LogP contribution in [-0.4, -0.2) is 29.9 Å². The predicted octanol–water partition coefficient (Wildman–Crippen LogP) is 2.40. The third-order valence-corrected chi connectivity index (χ3v) is 3.86. The summed E-state index contributed by atoms with van der Waals surface area (Å²) in [4.78, 5) is 0. The van der Waals surface area contributed by atoms with Crippen molar-refractivity contribution in [2.45, 2.75) is 0 Å². The van der Waals surface area contributed by atoms with Crippen molar-refractivity contribution in [1.82, 2.24) is 24.8 Å². The van der Waals surface area contributed by atoms with Crippen molar-refractivity contribution in [2.24, 2.45) is 7.05 Å². The molecule has 0 saturated heterocycles.